The third-order valence-corrected chi connectivity index (χ3v) is 3.51. The molecule has 0 atom stereocenters. The Bertz CT molecular complexity index is 587. The Labute approximate surface area is 104 Å². The van der Waals surface area contributed by atoms with Crippen LogP contribution in [-0.2, 0) is 0 Å². The third-order valence-electron chi connectivity index (χ3n) is 3.51. The summed E-state index contributed by atoms with van der Waals surface area (Å²) < 4.78 is 1.52. The van der Waals surface area contributed by atoms with E-state index in [4.69, 9.17) is 0 Å². The van der Waals surface area contributed by atoms with Crippen molar-refractivity contribution in [2.24, 2.45) is 0 Å². The number of hydrogen-bond acceptors (Lipinski definition) is 4. The van der Waals surface area contributed by atoms with E-state index in [1.54, 1.807) is 6.07 Å². The van der Waals surface area contributed by atoms with E-state index in [0.29, 0.717) is 11.6 Å². The Morgan fingerprint density at radius 2 is 2.06 bits per heavy atom. The van der Waals surface area contributed by atoms with E-state index in [1.807, 2.05) is 0 Å². The fraction of sp³-hybridized carbons (Fsp3) is 0.500. The average molecular weight is 246 g/mol. The minimum atomic E-state index is -0.415. The average Bonchev–Trinajstić information content (AvgIpc) is 2.82. The summed E-state index contributed by atoms with van der Waals surface area (Å²) in [6.07, 6.45) is 7.41. The molecule has 2 heterocycles. The van der Waals surface area contributed by atoms with Crippen LogP contribution in [0.1, 0.15) is 43.8 Å². The van der Waals surface area contributed by atoms with Gasteiger partial charge >= 0.3 is 0 Å². The second-order valence-corrected chi connectivity index (χ2v) is 4.75. The lowest BCUT2D eigenvalue weighted by Crippen LogP contribution is -2.06. The number of pyridine rings is 1. The predicted octanol–water partition coefficient (Wildman–Crippen LogP) is 2.69. The van der Waals surface area contributed by atoms with Crippen LogP contribution in [0.15, 0.2) is 18.3 Å². The van der Waals surface area contributed by atoms with Gasteiger partial charge in [0.2, 0.25) is 0 Å². The first-order chi connectivity index (χ1) is 8.74. The zero-order valence-electron chi connectivity index (χ0n) is 9.95. The van der Waals surface area contributed by atoms with Gasteiger partial charge in [-0.05, 0) is 18.9 Å². The van der Waals surface area contributed by atoms with Gasteiger partial charge in [-0.15, -0.1) is 0 Å². The molecule has 18 heavy (non-hydrogen) atoms. The maximum absolute atomic E-state index is 10.7. The normalized spacial score (nSPS) is 17.1. The van der Waals surface area contributed by atoms with Gasteiger partial charge in [-0.3, -0.25) is 10.1 Å². The van der Waals surface area contributed by atoms with Crippen molar-refractivity contribution < 1.29 is 4.92 Å². The first-order valence-corrected chi connectivity index (χ1v) is 6.25. The first kappa shape index (κ1) is 11.1. The lowest BCUT2D eigenvalue weighted by Gasteiger charge is -2.17. The molecule has 1 fully saturated rings. The molecule has 1 saturated carbocycles. The van der Waals surface area contributed by atoms with Crippen molar-refractivity contribution in [1.82, 2.24) is 14.6 Å². The van der Waals surface area contributed by atoms with Crippen molar-refractivity contribution in [1.29, 1.82) is 0 Å². The van der Waals surface area contributed by atoms with Crippen molar-refractivity contribution in [2.45, 2.75) is 38.0 Å². The summed E-state index contributed by atoms with van der Waals surface area (Å²) in [4.78, 5) is 14.7. The van der Waals surface area contributed by atoms with E-state index < -0.39 is 4.92 Å². The third kappa shape index (κ3) is 1.94. The largest absolute Gasteiger partial charge is 0.287 e. The van der Waals surface area contributed by atoms with Crippen LogP contribution in [0.3, 0.4) is 0 Å². The molecule has 0 N–H and O–H groups in total. The van der Waals surface area contributed by atoms with Crippen molar-refractivity contribution in [3.63, 3.8) is 0 Å². The molecule has 0 aromatic carbocycles. The molecule has 0 saturated heterocycles. The number of nitro groups is 1. The molecular formula is C12H14N4O2. The monoisotopic (exact) mass is 246 g/mol. The second kappa shape index (κ2) is 4.36. The summed E-state index contributed by atoms with van der Waals surface area (Å²) >= 11 is 0. The molecular weight excluding hydrogens is 232 g/mol. The molecule has 6 heteroatoms. The molecule has 1 aliphatic carbocycles. The second-order valence-electron chi connectivity index (χ2n) is 4.75. The minimum Gasteiger partial charge on any atom is -0.258 e. The van der Waals surface area contributed by atoms with Crippen LogP contribution in [0.2, 0.25) is 0 Å². The Morgan fingerprint density at radius 1 is 1.28 bits per heavy atom. The Balaban J connectivity index is 1.97. The number of rotatable bonds is 2. The number of nitrogens with zero attached hydrogens (tertiary/aromatic N) is 4. The molecule has 94 valence electrons. The van der Waals surface area contributed by atoms with Crippen molar-refractivity contribution in [3.8, 4) is 0 Å². The van der Waals surface area contributed by atoms with Gasteiger partial charge < -0.3 is 0 Å². The summed E-state index contributed by atoms with van der Waals surface area (Å²) in [7, 11) is 0. The van der Waals surface area contributed by atoms with Crippen LogP contribution in [0.5, 0.6) is 0 Å². The fourth-order valence-corrected chi connectivity index (χ4v) is 2.53. The highest BCUT2D eigenvalue weighted by Crippen LogP contribution is 2.31. The van der Waals surface area contributed by atoms with Crippen LogP contribution in [0.4, 0.5) is 5.69 Å². The quantitative estimate of drug-likeness (QED) is 0.603. The van der Waals surface area contributed by atoms with E-state index in [-0.39, 0.29) is 5.69 Å². The van der Waals surface area contributed by atoms with E-state index >= 15 is 0 Å². The maximum atomic E-state index is 10.7. The van der Waals surface area contributed by atoms with Gasteiger partial charge in [0.25, 0.3) is 5.69 Å². The Kier molecular flexibility index (Phi) is 2.70. The highest BCUT2D eigenvalue weighted by Gasteiger charge is 2.20. The molecule has 0 radical (unpaired) electrons. The highest BCUT2D eigenvalue weighted by molar-refractivity contribution is 5.43. The summed E-state index contributed by atoms with van der Waals surface area (Å²) in [6.45, 7) is 0. The van der Waals surface area contributed by atoms with Gasteiger partial charge in [-0.25, -0.2) is 9.50 Å². The number of hydrogen-bond donors (Lipinski definition) is 0. The van der Waals surface area contributed by atoms with E-state index in [0.717, 1.165) is 18.7 Å². The van der Waals surface area contributed by atoms with Gasteiger partial charge in [0, 0.05) is 12.0 Å². The zero-order valence-corrected chi connectivity index (χ0v) is 9.95. The van der Waals surface area contributed by atoms with Crippen LogP contribution in [-0.4, -0.2) is 19.5 Å². The smallest absolute Gasteiger partial charge is 0.258 e. The molecule has 3 rings (SSSR count). The van der Waals surface area contributed by atoms with Gasteiger partial charge in [-0.1, -0.05) is 19.3 Å². The molecule has 0 bridgehead atoms. The molecule has 0 spiro atoms. The topological polar surface area (TPSA) is 73.3 Å². The molecule has 0 aliphatic heterocycles. The minimum absolute atomic E-state index is 0.0441. The summed E-state index contributed by atoms with van der Waals surface area (Å²) in [5.74, 6) is 1.24. The molecule has 2 aromatic rings. The lowest BCUT2D eigenvalue weighted by molar-refractivity contribution is -0.385. The number of fused-ring (bicyclic) bond motifs is 1. The van der Waals surface area contributed by atoms with Crippen LogP contribution >= 0.6 is 0 Å². The van der Waals surface area contributed by atoms with Crippen LogP contribution in [0, 0.1) is 10.1 Å². The van der Waals surface area contributed by atoms with Gasteiger partial charge in [0.1, 0.15) is 6.20 Å². The number of aromatic nitrogens is 3. The van der Waals surface area contributed by atoms with E-state index in [1.165, 1.54) is 36.0 Å². The SMILES string of the molecule is O=[N+]([O-])c1ccc2nc(C3CCCCC3)nn2c1. The van der Waals surface area contributed by atoms with Gasteiger partial charge in [-0.2, -0.15) is 5.10 Å². The molecule has 0 unspecified atom stereocenters. The standard InChI is InChI=1S/C12H14N4O2/c17-16(18)10-6-7-11-13-12(14-15(11)8-10)9-4-2-1-3-5-9/h6-9H,1-5H2. The maximum Gasteiger partial charge on any atom is 0.287 e. The Hall–Kier alpha value is -1.98. The van der Waals surface area contributed by atoms with Gasteiger partial charge in [0.05, 0.1) is 4.92 Å². The lowest BCUT2D eigenvalue weighted by atomic mass is 9.89. The summed E-state index contributed by atoms with van der Waals surface area (Å²) in [5.41, 5.74) is 0.726. The summed E-state index contributed by atoms with van der Waals surface area (Å²) in [6, 6.07) is 3.12. The van der Waals surface area contributed by atoms with Crippen molar-refractivity contribution >= 4 is 11.3 Å². The molecule has 6 nitrogen and oxygen atoms in total. The predicted molar refractivity (Wildman–Crippen MR) is 65.5 cm³/mol. The molecule has 2 aromatic heterocycles. The zero-order chi connectivity index (χ0) is 12.5. The molecule has 0 amide bonds. The Morgan fingerprint density at radius 3 is 2.78 bits per heavy atom. The van der Waals surface area contributed by atoms with Crippen LogP contribution in [0.25, 0.3) is 5.65 Å². The van der Waals surface area contributed by atoms with Crippen LogP contribution < -0.4 is 0 Å². The van der Waals surface area contributed by atoms with E-state index in [2.05, 4.69) is 10.1 Å². The molecule has 1 aliphatic rings. The summed E-state index contributed by atoms with van der Waals surface area (Å²) in [5, 5.41) is 15.1. The van der Waals surface area contributed by atoms with E-state index in [9.17, 15) is 10.1 Å². The van der Waals surface area contributed by atoms with Crippen molar-refractivity contribution in [3.05, 3.63) is 34.3 Å². The van der Waals surface area contributed by atoms with Crippen molar-refractivity contribution in [2.75, 3.05) is 0 Å². The van der Waals surface area contributed by atoms with Gasteiger partial charge in [0.15, 0.2) is 11.5 Å². The first-order valence-electron chi connectivity index (χ1n) is 6.25. The highest BCUT2D eigenvalue weighted by atomic mass is 16.6. The fourth-order valence-electron chi connectivity index (χ4n) is 2.53.